The topological polar surface area (TPSA) is 29.5 Å². The van der Waals surface area contributed by atoms with Gasteiger partial charge in [0.15, 0.2) is 11.6 Å². The van der Waals surface area contributed by atoms with Crippen LogP contribution >= 0.6 is 0 Å². The molecule has 0 radical (unpaired) electrons. The van der Waals surface area contributed by atoms with Crippen LogP contribution in [0.3, 0.4) is 0 Å². The van der Waals surface area contributed by atoms with Gasteiger partial charge in [0.05, 0.1) is 6.61 Å². The monoisotopic (exact) mass is 334 g/mol. The molecule has 0 aromatic heterocycles. The molecule has 0 aliphatic carbocycles. The number of halogens is 2. The van der Waals surface area contributed by atoms with Crippen LogP contribution in [0.2, 0.25) is 0 Å². The molecule has 0 saturated heterocycles. The van der Waals surface area contributed by atoms with Gasteiger partial charge in [-0.3, -0.25) is 0 Å². The van der Waals surface area contributed by atoms with Gasteiger partial charge in [-0.15, -0.1) is 0 Å². The Kier molecular flexibility index (Phi) is 5.47. The molecule has 24 heavy (non-hydrogen) atoms. The second-order valence-corrected chi connectivity index (χ2v) is 7.47. The van der Waals surface area contributed by atoms with Crippen LogP contribution in [0.15, 0.2) is 36.4 Å². The van der Waals surface area contributed by atoms with E-state index >= 15 is 0 Å². The van der Waals surface area contributed by atoms with Gasteiger partial charge in [0.2, 0.25) is 5.82 Å². The minimum absolute atomic E-state index is 0.0733. The molecule has 1 N–H and O–H groups in total. The van der Waals surface area contributed by atoms with Gasteiger partial charge in [0.1, 0.15) is 5.75 Å². The molecule has 130 valence electrons. The fourth-order valence-corrected chi connectivity index (χ4v) is 2.84. The molecular formula is C20H24F2O2. The third kappa shape index (κ3) is 4.70. The third-order valence-electron chi connectivity index (χ3n) is 3.71. The van der Waals surface area contributed by atoms with Gasteiger partial charge in [-0.25, -0.2) is 4.39 Å². The summed E-state index contributed by atoms with van der Waals surface area (Å²) in [6, 6.07) is 8.90. The third-order valence-corrected chi connectivity index (χ3v) is 3.71. The first-order chi connectivity index (χ1) is 11.2. The predicted octanol–water partition coefficient (Wildman–Crippen LogP) is 5.79. The van der Waals surface area contributed by atoms with Gasteiger partial charge in [-0.05, 0) is 47.6 Å². The van der Waals surface area contributed by atoms with Crippen molar-refractivity contribution in [3.05, 3.63) is 48.0 Å². The normalized spacial score (nSPS) is 12.9. The standard InChI is InChI=1S/C20H24F2O2/c1-13(11-20(2,3)4)12-24-17-10-9-16(18(21)19(17)22)14-5-7-15(23)8-6-14/h5-10,13,23H,11-12H2,1-4H3. The van der Waals surface area contributed by atoms with Gasteiger partial charge in [-0.1, -0.05) is 39.8 Å². The number of rotatable bonds is 5. The van der Waals surface area contributed by atoms with Crippen molar-refractivity contribution in [1.29, 1.82) is 0 Å². The smallest absolute Gasteiger partial charge is 0.201 e. The zero-order chi connectivity index (χ0) is 17.9. The SMILES string of the molecule is CC(COc1ccc(-c2ccc(O)cc2)c(F)c1F)CC(C)(C)C. The van der Waals surface area contributed by atoms with E-state index in [2.05, 4.69) is 20.8 Å². The van der Waals surface area contributed by atoms with Crippen molar-refractivity contribution in [3.8, 4) is 22.6 Å². The molecule has 1 atom stereocenters. The van der Waals surface area contributed by atoms with Crippen molar-refractivity contribution in [3.63, 3.8) is 0 Å². The minimum atomic E-state index is -0.983. The van der Waals surface area contributed by atoms with Crippen molar-refractivity contribution in [2.45, 2.75) is 34.1 Å². The van der Waals surface area contributed by atoms with Crippen molar-refractivity contribution in [2.75, 3.05) is 6.61 Å². The molecule has 2 aromatic rings. The van der Waals surface area contributed by atoms with Crippen molar-refractivity contribution in [2.24, 2.45) is 11.3 Å². The summed E-state index contributed by atoms with van der Waals surface area (Å²) in [6.07, 6.45) is 0.933. The average Bonchev–Trinajstić information content (AvgIpc) is 2.48. The Morgan fingerprint density at radius 2 is 1.62 bits per heavy atom. The summed E-state index contributed by atoms with van der Waals surface area (Å²) in [6.45, 7) is 8.78. The first-order valence-electron chi connectivity index (χ1n) is 8.07. The van der Waals surface area contributed by atoms with Crippen LogP contribution < -0.4 is 4.74 Å². The van der Waals surface area contributed by atoms with Gasteiger partial charge in [0.25, 0.3) is 0 Å². The predicted molar refractivity (Wildman–Crippen MR) is 92.2 cm³/mol. The zero-order valence-corrected chi connectivity index (χ0v) is 14.6. The molecule has 0 aliphatic heterocycles. The number of hydrogen-bond donors (Lipinski definition) is 1. The number of phenols is 1. The number of ether oxygens (including phenoxy) is 1. The summed E-state index contributed by atoms with van der Waals surface area (Å²) < 4.78 is 34.1. The lowest BCUT2D eigenvalue weighted by Crippen LogP contribution is -2.17. The van der Waals surface area contributed by atoms with E-state index in [9.17, 15) is 13.9 Å². The molecule has 4 heteroatoms. The highest BCUT2D eigenvalue weighted by molar-refractivity contribution is 5.66. The Bertz CT molecular complexity index is 688. The Morgan fingerprint density at radius 3 is 2.21 bits per heavy atom. The second kappa shape index (κ2) is 7.20. The summed E-state index contributed by atoms with van der Waals surface area (Å²) >= 11 is 0. The lowest BCUT2D eigenvalue weighted by atomic mass is 9.86. The lowest BCUT2D eigenvalue weighted by Gasteiger charge is -2.23. The van der Waals surface area contributed by atoms with Crippen LogP contribution in [0.4, 0.5) is 8.78 Å². The fraction of sp³-hybridized carbons (Fsp3) is 0.400. The summed E-state index contributed by atoms with van der Waals surface area (Å²) in [5, 5.41) is 9.29. The molecule has 0 spiro atoms. The first-order valence-corrected chi connectivity index (χ1v) is 8.07. The van der Waals surface area contributed by atoms with Gasteiger partial charge < -0.3 is 9.84 Å². The highest BCUT2D eigenvalue weighted by Crippen LogP contribution is 2.31. The summed E-state index contributed by atoms with van der Waals surface area (Å²) in [5.74, 6) is -1.68. The van der Waals surface area contributed by atoms with E-state index in [4.69, 9.17) is 4.74 Å². The summed E-state index contributed by atoms with van der Waals surface area (Å²) in [5.41, 5.74) is 0.800. The van der Waals surface area contributed by atoms with Crippen LogP contribution in [0, 0.1) is 23.0 Å². The molecule has 0 saturated carbocycles. The molecular weight excluding hydrogens is 310 g/mol. The minimum Gasteiger partial charge on any atom is -0.508 e. The van der Waals surface area contributed by atoms with E-state index < -0.39 is 11.6 Å². The molecule has 0 heterocycles. The van der Waals surface area contributed by atoms with E-state index in [1.165, 1.54) is 24.3 Å². The van der Waals surface area contributed by atoms with Crippen LogP contribution in [-0.4, -0.2) is 11.7 Å². The number of hydrogen-bond acceptors (Lipinski definition) is 2. The molecule has 0 fully saturated rings. The lowest BCUT2D eigenvalue weighted by molar-refractivity contribution is 0.200. The quantitative estimate of drug-likeness (QED) is 0.750. The van der Waals surface area contributed by atoms with E-state index in [1.807, 2.05) is 6.92 Å². The first kappa shape index (κ1) is 18.2. The van der Waals surface area contributed by atoms with Gasteiger partial charge in [-0.2, -0.15) is 4.39 Å². The number of benzene rings is 2. The molecule has 2 rings (SSSR count). The molecule has 0 amide bonds. The number of phenolic OH excluding ortho intramolecular Hbond substituents is 1. The van der Waals surface area contributed by atoms with Gasteiger partial charge >= 0.3 is 0 Å². The Hall–Kier alpha value is -2.10. The van der Waals surface area contributed by atoms with Crippen LogP contribution in [0.5, 0.6) is 11.5 Å². The zero-order valence-electron chi connectivity index (χ0n) is 14.6. The molecule has 1 unspecified atom stereocenters. The van der Waals surface area contributed by atoms with Gasteiger partial charge in [0, 0.05) is 5.56 Å². The summed E-state index contributed by atoms with van der Waals surface area (Å²) in [4.78, 5) is 0. The largest absolute Gasteiger partial charge is 0.508 e. The maximum Gasteiger partial charge on any atom is 0.201 e. The van der Waals surface area contributed by atoms with Crippen LogP contribution in [-0.2, 0) is 0 Å². The molecule has 0 aliphatic rings. The van der Waals surface area contributed by atoms with Crippen molar-refractivity contribution in [1.82, 2.24) is 0 Å². The maximum atomic E-state index is 14.3. The number of aromatic hydroxyl groups is 1. The molecule has 0 bridgehead atoms. The summed E-state index contributed by atoms with van der Waals surface area (Å²) in [7, 11) is 0. The Morgan fingerprint density at radius 1 is 1.00 bits per heavy atom. The molecule has 2 nitrogen and oxygen atoms in total. The fourth-order valence-electron chi connectivity index (χ4n) is 2.84. The van der Waals surface area contributed by atoms with E-state index in [1.54, 1.807) is 12.1 Å². The van der Waals surface area contributed by atoms with Crippen molar-refractivity contribution < 1.29 is 18.6 Å². The maximum absolute atomic E-state index is 14.3. The van der Waals surface area contributed by atoms with Crippen LogP contribution in [0.1, 0.15) is 34.1 Å². The Labute approximate surface area is 142 Å². The second-order valence-electron chi connectivity index (χ2n) is 7.47. The molecule has 2 aromatic carbocycles. The highest BCUT2D eigenvalue weighted by Gasteiger charge is 2.19. The van der Waals surface area contributed by atoms with E-state index in [-0.39, 0.29) is 28.4 Å². The Balaban J connectivity index is 2.14. The van der Waals surface area contributed by atoms with Crippen LogP contribution in [0.25, 0.3) is 11.1 Å². The van der Waals surface area contributed by atoms with E-state index in [0.717, 1.165) is 6.42 Å². The highest BCUT2D eigenvalue weighted by atomic mass is 19.2. The van der Waals surface area contributed by atoms with E-state index in [0.29, 0.717) is 12.2 Å². The average molecular weight is 334 g/mol. The van der Waals surface area contributed by atoms with Crippen molar-refractivity contribution >= 4 is 0 Å².